The predicted molar refractivity (Wildman–Crippen MR) is 110 cm³/mol. The van der Waals surface area contributed by atoms with Crippen molar-refractivity contribution < 1.29 is 14.3 Å². The lowest BCUT2D eigenvalue weighted by Gasteiger charge is -2.20. The number of carbonyl (C=O) groups is 2. The summed E-state index contributed by atoms with van der Waals surface area (Å²) in [5.74, 6) is 2.37. The smallest absolute Gasteiger partial charge is 0.242 e. The molecule has 1 fully saturated rings. The van der Waals surface area contributed by atoms with E-state index in [1.165, 1.54) is 5.56 Å². The van der Waals surface area contributed by atoms with Crippen LogP contribution in [0.1, 0.15) is 35.6 Å². The molecule has 0 aliphatic carbocycles. The maximum atomic E-state index is 12.3. The van der Waals surface area contributed by atoms with Gasteiger partial charge in [-0.1, -0.05) is 12.1 Å². The number of methoxy groups -OCH3 is 1. The summed E-state index contributed by atoms with van der Waals surface area (Å²) in [4.78, 5) is 26.0. The maximum Gasteiger partial charge on any atom is 0.242 e. The van der Waals surface area contributed by atoms with Crippen molar-refractivity contribution in [3.63, 3.8) is 0 Å². The number of nitrogens with zero attached hydrogens (tertiary/aromatic N) is 4. The minimum Gasteiger partial charge on any atom is -0.496 e. The monoisotopic (exact) mass is 412 g/mol. The number of ether oxygens (including phenoxy) is 1. The van der Waals surface area contributed by atoms with Crippen LogP contribution in [0.15, 0.2) is 18.2 Å². The van der Waals surface area contributed by atoms with E-state index in [4.69, 9.17) is 4.74 Å². The van der Waals surface area contributed by atoms with Crippen LogP contribution in [0.3, 0.4) is 0 Å². The Morgan fingerprint density at radius 2 is 2.13 bits per heavy atom. The van der Waals surface area contributed by atoms with Gasteiger partial charge in [-0.2, -0.15) is 0 Å². The van der Waals surface area contributed by atoms with Gasteiger partial charge in [-0.3, -0.25) is 14.5 Å². The summed E-state index contributed by atoms with van der Waals surface area (Å²) in [6.45, 7) is 5.82. The molecular weight excluding hydrogens is 384 g/mol. The summed E-state index contributed by atoms with van der Waals surface area (Å²) >= 11 is 0. The summed E-state index contributed by atoms with van der Waals surface area (Å²) in [5.41, 5.74) is 2.40. The van der Waals surface area contributed by atoms with Crippen molar-refractivity contribution in [1.29, 1.82) is 0 Å². The summed E-state index contributed by atoms with van der Waals surface area (Å²) in [6.07, 6.45) is 1.76. The number of aromatic nitrogens is 3. The van der Waals surface area contributed by atoms with Crippen LogP contribution in [0.2, 0.25) is 0 Å². The number of nitrogens with one attached hydrogen (secondary N) is 2. The first-order valence-electron chi connectivity index (χ1n) is 10.4. The number of rotatable bonds is 6. The largest absolute Gasteiger partial charge is 0.496 e. The van der Waals surface area contributed by atoms with E-state index in [0.717, 1.165) is 55.6 Å². The Hall–Kier alpha value is -2.94. The van der Waals surface area contributed by atoms with Gasteiger partial charge in [0.1, 0.15) is 17.6 Å². The minimum absolute atomic E-state index is 0.0707. The number of fused-ring (bicyclic) bond motifs is 1. The van der Waals surface area contributed by atoms with E-state index < -0.39 is 6.04 Å². The van der Waals surface area contributed by atoms with Crippen molar-refractivity contribution in [1.82, 2.24) is 30.3 Å². The molecule has 2 aromatic rings. The second-order valence-electron chi connectivity index (χ2n) is 7.89. The van der Waals surface area contributed by atoms with E-state index in [9.17, 15) is 9.59 Å². The lowest BCUT2D eigenvalue weighted by Crippen LogP contribution is -2.41. The molecule has 160 valence electrons. The van der Waals surface area contributed by atoms with Crippen LogP contribution in [-0.2, 0) is 35.6 Å². The third-order valence-electron chi connectivity index (χ3n) is 5.79. The first kappa shape index (κ1) is 20.3. The van der Waals surface area contributed by atoms with E-state index >= 15 is 0 Å². The molecule has 1 unspecified atom stereocenters. The SMILES string of the molecule is COc1ccc(CN2CCc3nnc(CNC(=O)C4CCC(=O)N4)n3CC2)cc1C. The average molecular weight is 412 g/mol. The summed E-state index contributed by atoms with van der Waals surface area (Å²) in [7, 11) is 1.69. The van der Waals surface area contributed by atoms with Crippen LogP contribution in [0.25, 0.3) is 0 Å². The maximum absolute atomic E-state index is 12.3. The Bertz CT molecular complexity index is 941. The van der Waals surface area contributed by atoms with Crippen LogP contribution >= 0.6 is 0 Å². The highest BCUT2D eigenvalue weighted by molar-refractivity contribution is 5.90. The van der Waals surface area contributed by atoms with Gasteiger partial charge in [-0.25, -0.2) is 0 Å². The summed E-state index contributed by atoms with van der Waals surface area (Å²) in [5, 5.41) is 14.2. The van der Waals surface area contributed by atoms with Crippen LogP contribution in [-0.4, -0.2) is 57.7 Å². The number of hydrogen-bond acceptors (Lipinski definition) is 6. The Morgan fingerprint density at radius 1 is 1.27 bits per heavy atom. The number of benzene rings is 1. The van der Waals surface area contributed by atoms with Gasteiger partial charge in [0.2, 0.25) is 11.8 Å². The van der Waals surface area contributed by atoms with Crippen molar-refractivity contribution in [3.05, 3.63) is 41.0 Å². The molecule has 2 N–H and O–H groups in total. The highest BCUT2D eigenvalue weighted by Crippen LogP contribution is 2.20. The van der Waals surface area contributed by atoms with Gasteiger partial charge >= 0.3 is 0 Å². The lowest BCUT2D eigenvalue weighted by atomic mass is 10.1. The molecule has 30 heavy (non-hydrogen) atoms. The third kappa shape index (κ3) is 4.46. The number of amides is 2. The molecule has 4 rings (SSSR count). The van der Waals surface area contributed by atoms with Crippen molar-refractivity contribution in [3.8, 4) is 5.75 Å². The minimum atomic E-state index is -0.438. The number of aryl methyl sites for hydroxylation is 1. The van der Waals surface area contributed by atoms with Gasteiger partial charge in [0.15, 0.2) is 5.82 Å². The quantitative estimate of drug-likeness (QED) is 0.719. The fourth-order valence-electron chi connectivity index (χ4n) is 4.11. The predicted octanol–water partition coefficient (Wildman–Crippen LogP) is 0.548. The Kier molecular flexibility index (Phi) is 5.98. The van der Waals surface area contributed by atoms with E-state index in [2.05, 4.69) is 49.4 Å². The summed E-state index contributed by atoms with van der Waals surface area (Å²) in [6, 6.07) is 5.87. The van der Waals surface area contributed by atoms with Gasteiger partial charge < -0.3 is 19.9 Å². The topological polar surface area (TPSA) is 101 Å². The highest BCUT2D eigenvalue weighted by atomic mass is 16.5. The Labute approximate surface area is 175 Å². The normalized spacial score (nSPS) is 19.1. The van der Waals surface area contributed by atoms with Crippen LogP contribution in [0.5, 0.6) is 5.75 Å². The molecule has 2 aliphatic rings. The van der Waals surface area contributed by atoms with Crippen LogP contribution in [0, 0.1) is 6.92 Å². The second kappa shape index (κ2) is 8.83. The first-order valence-corrected chi connectivity index (χ1v) is 10.4. The molecule has 1 aromatic heterocycles. The van der Waals surface area contributed by atoms with Gasteiger partial charge in [0, 0.05) is 39.0 Å². The zero-order chi connectivity index (χ0) is 21.1. The van der Waals surface area contributed by atoms with Crippen molar-refractivity contribution in [2.45, 2.75) is 51.9 Å². The molecule has 1 saturated heterocycles. The fourth-order valence-corrected chi connectivity index (χ4v) is 4.11. The second-order valence-corrected chi connectivity index (χ2v) is 7.89. The fraction of sp³-hybridized carbons (Fsp3) is 0.524. The molecule has 0 radical (unpaired) electrons. The molecule has 1 aromatic carbocycles. The zero-order valence-electron chi connectivity index (χ0n) is 17.5. The molecule has 0 saturated carbocycles. The molecule has 2 aliphatic heterocycles. The molecule has 3 heterocycles. The lowest BCUT2D eigenvalue weighted by molar-refractivity contribution is -0.125. The molecule has 0 bridgehead atoms. The van der Waals surface area contributed by atoms with E-state index in [1.54, 1.807) is 7.11 Å². The van der Waals surface area contributed by atoms with Gasteiger partial charge in [-0.15, -0.1) is 10.2 Å². The third-order valence-corrected chi connectivity index (χ3v) is 5.79. The Morgan fingerprint density at radius 3 is 2.87 bits per heavy atom. The Balaban J connectivity index is 1.34. The van der Waals surface area contributed by atoms with Gasteiger partial charge in [-0.05, 0) is 30.5 Å². The van der Waals surface area contributed by atoms with Crippen molar-refractivity contribution in [2.75, 3.05) is 20.2 Å². The number of carbonyl (C=O) groups excluding carboxylic acids is 2. The van der Waals surface area contributed by atoms with E-state index in [1.807, 2.05) is 6.07 Å². The highest BCUT2D eigenvalue weighted by Gasteiger charge is 2.27. The van der Waals surface area contributed by atoms with Crippen LogP contribution < -0.4 is 15.4 Å². The van der Waals surface area contributed by atoms with E-state index in [0.29, 0.717) is 19.4 Å². The van der Waals surface area contributed by atoms with E-state index in [-0.39, 0.29) is 11.8 Å². The summed E-state index contributed by atoms with van der Waals surface area (Å²) < 4.78 is 7.45. The van der Waals surface area contributed by atoms with Crippen molar-refractivity contribution >= 4 is 11.8 Å². The van der Waals surface area contributed by atoms with Crippen LogP contribution in [0.4, 0.5) is 0 Å². The number of hydrogen-bond donors (Lipinski definition) is 2. The average Bonchev–Trinajstić information content (AvgIpc) is 3.29. The molecule has 9 heteroatoms. The molecular formula is C21H28N6O3. The standard InChI is InChI=1S/C21H28N6O3/c1-14-11-15(3-5-17(14)30-2)13-26-8-7-18-24-25-19(27(18)10-9-26)12-22-21(29)16-4-6-20(28)23-16/h3,5,11,16H,4,6-10,12-13H2,1-2H3,(H,22,29)(H,23,28). The molecule has 0 spiro atoms. The molecule has 9 nitrogen and oxygen atoms in total. The molecule has 1 atom stereocenters. The first-order chi connectivity index (χ1) is 14.5. The van der Waals surface area contributed by atoms with Crippen molar-refractivity contribution in [2.24, 2.45) is 0 Å². The molecule has 2 amide bonds. The zero-order valence-corrected chi connectivity index (χ0v) is 17.5. The van der Waals surface area contributed by atoms with Gasteiger partial charge in [0.05, 0.1) is 13.7 Å². The van der Waals surface area contributed by atoms with Gasteiger partial charge in [0.25, 0.3) is 0 Å².